The van der Waals surface area contributed by atoms with Crippen LogP contribution in [0, 0.1) is 21.8 Å². The van der Waals surface area contributed by atoms with Crippen LogP contribution in [0.15, 0.2) is 18.2 Å². The highest BCUT2D eigenvalue weighted by Crippen LogP contribution is 2.22. The SMILES string of the molecule is CC(C)CC(CN)NC(=O)COc1ccc([N+](=O)[O-])c(F)c1. The molecule has 0 aromatic heterocycles. The van der Waals surface area contributed by atoms with Crippen molar-refractivity contribution in [3.05, 3.63) is 34.1 Å². The summed E-state index contributed by atoms with van der Waals surface area (Å²) in [5, 5.41) is 13.2. The summed E-state index contributed by atoms with van der Waals surface area (Å²) < 4.78 is 18.5. The van der Waals surface area contributed by atoms with Crippen LogP contribution < -0.4 is 15.8 Å². The second-order valence-electron chi connectivity index (χ2n) is 5.29. The van der Waals surface area contributed by atoms with Gasteiger partial charge in [-0.3, -0.25) is 14.9 Å². The van der Waals surface area contributed by atoms with Crippen molar-refractivity contribution in [1.82, 2.24) is 5.32 Å². The first kappa shape index (κ1) is 17.8. The second kappa shape index (κ2) is 8.28. The van der Waals surface area contributed by atoms with E-state index in [1.165, 1.54) is 6.07 Å². The summed E-state index contributed by atoms with van der Waals surface area (Å²) >= 11 is 0. The van der Waals surface area contributed by atoms with Crippen molar-refractivity contribution in [2.75, 3.05) is 13.2 Å². The van der Waals surface area contributed by atoms with E-state index in [9.17, 15) is 19.3 Å². The average Bonchev–Trinajstić information content (AvgIpc) is 2.43. The van der Waals surface area contributed by atoms with Gasteiger partial charge in [0.1, 0.15) is 5.75 Å². The zero-order chi connectivity index (χ0) is 16.7. The second-order valence-corrected chi connectivity index (χ2v) is 5.29. The lowest BCUT2D eigenvalue weighted by Crippen LogP contribution is -2.43. The molecule has 0 saturated carbocycles. The number of hydrogen-bond donors (Lipinski definition) is 2. The van der Waals surface area contributed by atoms with Crippen LogP contribution in [0.25, 0.3) is 0 Å². The fraction of sp³-hybridized carbons (Fsp3) is 0.500. The highest BCUT2D eigenvalue weighted by atomic mass is 19.1. The van der Waals surface area contributed by atoms with Crippen LogP contribution in [0.3, 0.4) is 0 Å². The molecule has 0 radical (unpaired) electrons. The van der Waals surface area contributed by atoms with Crippen LogP contribution in [-0.4, -0.2) is 30.0 Å². The van der Waals surface area contributed by atoms with Gasteiger partial charge in [-0.1, -0.05) is 13.8 Å². The maximum atomic E-state index is 13.4. The molecule has 1 aromatic rings. The lowest BCUT2D eigenvalue weighted by Gasteiger charge is -2.18. The molecule has 122 valence electrons. The molecule has 1 amide bonds. The normalized spacial score (nSPS) is 12.0. The lowest BCUT2D eigenvalue weighted by atomic mass is 10.0. The molecule has 22 heavy (non-hydrogen) atoms. The minimum absolute atomic E-state index is 0.0476. The molecule has 0 spiro atoms. The van der Waals surface area contributed by atoms with Gasteiger partial charge in [0.05, 0.1) is 4.92 Å². The average molecular weight is 313 g/mol. The molecule has 1 aromatic carbocycles. The van der Waals surface area contributed by atoms with E-state index in [0.717, 1.165) is 18.6 Å². The Kier molecular flexibility index (Phi) is 6.71. The molecule has 0 bridgehead atoms. The van der Waals surface area contributed by atoms with E-state index in [4.69, 9.17) is 10.5 Å². The maximum Gasteiger partial charge on any atom is 0.305 e. The topological polar surface area (TPSA) is 107 Å². The van der Waals surface area contributed by atoms with E-state index in [0.29, 0.717) is 12.5 Å². The molecule has 0 aliphatic heterocycles. The molecule has 0 aliphatic carbocycles. The van der Waals surface area contributed by atoms with Crippen LogP contribution in [0.1, 0.15) is 20.3 Å². The number of halogens is 1. The Morgan fingerprint density at radius 3 is 2.68 bits per heavy atom. The zero-order valence-electron chi connectivity index (χ0n) is 12.5. The third-order valence-electron chi connectivity index (χ3n) is 2.89. The van der Waals surface area contributed by atoms with E-state index in [-0.39, 0.29) is 24.3 Å². The quantitative estimate of drug-likeness (QED) is 0.560. The summed E-state index contributed by atoms with van der Waals surface area (Å²) in [4.78, 5) is 21.4. The maximum absolute atomic E-state index is 13.4. The minimum Gasteiger partial charge on any atom is -0.484 e. The molecule has 0 fully saturated rings. The molecule has 1 atom stereocenters. The predicted octanol–water partition coefficient (Wildman–Crippen LogP) is 1.60. The Balaban J connectivity index is 2.53. The van der Waals surface area contributed by atoms with Crippen LogP contribution in [0.5, 0.6) is 5.75 Å². The van der Waals surface area contributed by atoms with Gasteiger partial charge in [-0.05, 0) is 18.4 Å². The van der Waals surface area contributed by atoms with Crippen molar-refractivity contribution in [3.63, 3.8) is 0 Å². The van der Waals surface area contributed by atoms with Gasteiger partial charge in [0, 0.05) is 24.7 Å². The van der Waals surface area contributed by atoms with Crippen molar-refractivity contribution >= 4 is 11.6 Å². The summed E-state index contributed by atoms with van der Waals surface area (Å²) in [6.45, 7) is 4.04. The standard InChI is InChI=1S/C14H20FN3O4/c1-9(2)5-10(7-16)17-14(19)8-22-11-3-4-13(18(20)21)12(15)6-11/h3-4,6,9-10H,5,7-8,16H2,1-2H3,(H,17,19). The van der Waals surface area contributed by atoms with Crippen molar-refractivity contribution in [2.24, 2.45) is 11.7 Å². The molecule has 0 saturated heterocycles. The summed E-state index contributed by atoms with van der Waals surface area (Å²) in [6.07, 6.45) is 0.744. The molecule has 0 aliphatic rings. The van der Waals surface area contributed by atoms with E-state index in [2.05, 4.69) is 5.32 Å². The summed E-state index contributed by atoms with van der Waals surface area (Å²) in [7, 11) is 0. The number of carbonyl (C=O) groups excluding carboxylic acids is 1. The van der Waals surface area contributed by atoms with Gasteiger partial charge in [-0.2, -0.15) is 4.39 Å². The van der Waals surface area contributed by atoms with E-state index >= 15 is 0 Å². The fourth-order valence-electron chi connectivity index (χ4n) is 1.93. The summed E-state index contributed by atoms with van der Waals surface area (Å²) in [6, 6.07) is 2.96. The van der Waals surface area contributed by atoms with Crippen LogP contribution in [0.2, 0.25) is 0 Å². The minimum atomic E-state index is -1.01. The van der Waals surface area contributed by atoms with Crippen molar-refractivity contribution in [3.8, 4) is 5.75 Å². The number of hydrogen-bond acceptors (Lipinski definition) is 5. The van der Waals surface area contributed by atoms with Crippen LogP contribution in [-0.2, 0) is 4.79 Å². The summed E-state index contributed by atoms with van der Waals surface area (Å²) in [5.74, 6) is -0.956. The number of nitrogens with zero attached hydrogens (tertiary/aromatic N) is 1. The van der Waals surface area contributed by atoms with Crippen molar-refractivity contribution in [2.45, 2.75) is 26.3 Å². The predicted molar refractivity (Wildman–Crippen MR) is 79.0 cm³/mol. The highest BCUT2D eigenvalue weighted by Gasteiger charge is 2.16. The fourth-order valence-corrected chi connectivity index (χ4v) is 1.93. The number of rotatable bonds is 8. The summed E-state index contributed by atoms with van der Waals surface area (Å²) in [5.41, 5.74) is 4.93. The number of ether oxygens (including phenoxy) is 1. The Labute approximate surface area is 127 Å². The van der Waals surface area contributed by atoms with Crippen LogP contribution >= 0.6 is 0 Å². The van der Waals surface area contributed by atoms with Gasteiger partial charge in [-0.15, -0.1) is 0 Å². The first-order valence-electron chi connectivity index (χ1n) is 6.89. The highest BCUT2D eigenvalue weighted by molar-refractivity contribution is 5.77. The van der Waals surface area contributed by atoms with Gasteiger partial charge in [0.2, 0.25) is 5.82 Å². The Bertz CT molecular complexity index is 537. The molecule has 3 N–H and O–H groups in total. The number of nitrogens with one attached hydrogen (secondary N) is 1. The third-order valence-corrected chi connectivity index (χ3v) is 2.89. The van der Waals surface area contributed by atoms with Gasteiger partial charge in [-0.25, -0.2) is 0 Å². The number of nitro groups is 1. The molecule has 1 rings (SSSR count). The molecular weight excluding hydrogens is 293 g/mol. The molecule has 7 nitrogen and oxygen atoms in total. The Morgan fingerprint density at radius 1 is 1.50 bits per heavy atom. The number of carbonyl (C=O) groups is 1. The lowest BCUT2D eigenvalue weighted by molar-refractivity contribution is -0.387. The number of amides is 1. The molecule has 0 heterocycles. The van der Waals surface area contributed by atoms with Crippen molar-refractivity contribution < 1.29 is 18.8 Å². The third kappa shape index (κ3) is 5.65. The zero-order valence-corrected chi connectivity index (χ0v) is 12.5. The number of benzene rings is 1. The first-order valence-corrected chi connectivity index (χ1v) is 6.89. The van der Waals surface area contributed by atoms with Crippen molar-refractivity contribution in [1.29, 1.82) is 0 Å². The van der Waals surface area contributed by atoms with Gasteiger partial charge in [0.25, 0.3) is 5.91 Å². The first-order chi connectivity index (χ1) is 10.3. The van der Waals surface area contributed by atoms with Crippen LogP contribution in [0.4, 0.5) is 10.1 Å². The number of nitrogens with two attached hydrogens (primary N) is 1. The molecular formula is C14H20FN3O4. The van der Waals surface area contributed by atoms with Gasteiger partial charge < -0.3 is 15.8 Å². The molecule has 8 heteroatoms. The van der Waals surface area contributed by atoms with Gasteiger partial charge in [0.15, 0.2) is 6.61 Å². The Hall–Kier alpha value is -2.22. The monoisotopic (exact) mass is 313 g/mol. The van der Waals surface area contributed by atoms with E-state index in [1.54, 1.807) is 0 Å². The van der Waals surface area contributed by atoms with Gasteiger partial charge >= 0.3 is 5.69 Å². The number of nitro benzene ring substituents is 1. The molecule has 1 unspecified atom stereocenters. The smallest absolute Gasteiger partial charge is 0.305 e. The largest absolute Gasteiger partial charge is 0.484 e. The van der Waals surface area contributed by atoms with E-state index in [1.807, 2.05) is 13.8 Å². The van der Waals surface area contributed by atoms with E-state index < -0.39 is 16.4 Å². The Morgan fingerprint density at radius 2 is 2.18 bits per heavy atom.